The standard InChI is InChI=1S/C9H7F7N2O/c10-5-1-4(2-17)6(18-3-5)19-7(8(11,12)13)9(14,15)16/h1,3,7H,2,17H2. The van der Waals surface area contributed by atoms with E-state index < -0.39 is 42.3 Å². The van der Waals surface area contributed by atoms with E-state index in [-0.39, 0.29) is 0 Å². The van der Waals surface area contributed by atoms with Gasteiger partial charge in [-0.25, -0.2) is 9.37 Å². The molecule has 1 aromatic rings. The van der Waals surface area contributed by atoms with Gasteiger partial charge in [0.05, 0.1) is 6.20 Å². The van der Waals surface area contributed by atoms with Gasteiger partial charge in [0.2, 0.25) is 5.88 Å². The maximum absolute atomic E-state index is 12.7. The normalized spacial score (nSPS) is 12.9. The summed E-state index contributed by atoms with van der Waals surface area (Å²) < 4.78 is 90.0. The minimum atomic E-state index is -5.68. The molecule has 0 unspecified atom stereocenters. The lowest BCUT2D eigenvalue weighted by Gasteiger charge is -2.24. The van der Waals surface area contributed by atoms with Crippen molar-refractivity contribution < 1.29 is 35.5 Å². The van der Waals surface area contributed by atoms with Gasteiger partial charge in [-0.05, 0) is 6.07 Å². The Morgan fingerprint density at radius 3 is 2.11 bits per heavy atom. The molecule has 0 aromatic carbocycles. The van der Waals surface area contributed by atoms with Crippen LogP contribution in [0.4, 0.5) is 30.7 Å². The van der Waals surface area contributed by atoms with Crippen molar-refractivity contribution in [1.82, 2.24) is 4.98 Å². The van der Waals surface area contributed by atoms with Crippen LogP contribution >= 0.6 is 0 Å². The molecule has 0 radical (unpaired) electrons. The highest BCUT2D eigenvalue weighted by Crippen LogP contribution is 2.36. The van der Waals surface area contributed by atoms with Crippen LogP contribution in [0.25, 0.3) is 0 Å². The molecular weight excluding hydrogens is 285 g/mol. The summed E-state index contributed by atoms with van der Waals surface area (Å²) in [6.45, 7) is -0.525. The van der Waals surface area contributed by atoms with Gasteiger partial charge in [-0.15, -0.1) is 0 Å². The molecule has 0 amide bonds. The summed E-state index contributed by atoms with van der Waals surface area (Å²) in [5, 5.41) is 0. The van der Waals surface area contributed by atoms with Crippen LogP contribution in [0, 0.1) is 5.82 Å². The van der Waals surface area contributed by atoms with Gasteiger partial charge in [0.15, 0.2) is 0 Å². The van der Waals surface area contributed by atoms with E-state index in [1.807, 2.05) is 0 Å². The number of rotatable bonds is 3. The molecule has 0 bridgehead atoms. The monoisotopic (exact) mass is 292 g/mol. The van der Waals surface area contributed by atoms with Crippen molar-refractivity contribution in [2.24, 2.45) is 5.73 Å². The van der Waals surface area contributed by atoms with Gasteiger partial charge in [0.25, 0.3) is 6.10 Å². The SMILES string of the molecule is NCc1cc(F)cnc1OC(C(F)(F)F)C(F)(F)F. The summed E-state index contributed by atoms with van der Waals surface area (Å²) in [5.41, 5.74) is 4.66. The van der Waals surface area contributed by atoms with Crippen LogP contribution in [0.5, 0.6) is 5.88 Å². The second kappa shape index (κ2) is 5.19. The zero-order chi connectivity index (χ0) is 14.8. The number of pyridine rings is 1. The van der Waals surface area contributed by atoms with Crippen LogP contribution in [0.1, 0.15) is 5.56 Å². The Labute approximate surface area is 102 Å². The lowest BCUT2D eigenvalue weighted by atomic mass is 10.2. The molecule has 19 heavy (non-hydrogen) atoms. The number of alkyl halides is 6. The van der Waals surface area contributed by atoms with E-state index in [4.69, 9.17) is 5.73 Å². The fourth-order valence-corrected chi connectivity index (χ4v) is 1.15. The van der Waals surface area contributed by atoms with E-state index in [9.17, 15) is 30.7 Å². The number of aromatic nitrogens is 1. The summed E-state index contributed by atoms with van der Waals surface area (Å²) in [6.07, 6.45) is -15.0. The Bertz CT molecular complexity index is 429. The lowest BCUT2D eigenvalue weighted by molar-refractivity contribution is -0.300. The molecule has 0 fully saturated rings. The van der Waals surface area contributed by atoms with Crippen molar-refractivity contribution >= 4 is 0 Å². The molecule has 1 heterocycles. The van der Waals surface area contributed by atoms with Gasteiger partial charge in [-0.1, -0.05) is 0 Å². The van der Waals surface area contributed by atoms with Crippen molar-refractivity contribution in [3.05, 3.63) is 23.6 Å². The highest BCUT2D eigenvalue weighted by molar-refractivity contribution is 5.26. The van der Waals surface area contributed by atoms with Crippen molar-refractivity contribution in [3.63, 3.8) is 0 Å². The van der Waals surface area contributed by atoms with Crippen LogP contribution in [0.3, 0.4) is 0 Å². The van der Waals surface area contributed by atoms with Gasteiger partial charge in [0.1, 0.15) is 5.82 Å². The number of nitrogens with zero attached hydrogens (tertiary/aromatic N) is 1. The van der Waals surface area contributed by atoms with Crippen molar-refractivity contribution in [1.29, 1.82) is 0 Å². The average Bonchev–Trinajstić information content (AvgIpc) is 2.23. The lowest BCUT2D eigenvalue weighted by Crippen LogP contribution is -2.46. The van der Waals surface area contributed by atoms with Crippen LogP contribution in [0.2, 0.25) is 0 Å². The molecule has 1 rings (SSSR count). The highest BCUT2D eigenvalue weighted by atomic mass is 19.4. The zero-order valence-electron chi connectivity index (χ0n) is 9.02. The third-order valence-corrected chi connectivity index (χ3v) is 1.94. The minimum Gasteiger partial charge on any atom is -0.454 e. The topological polar surface area (TPSA) is 48.1 Å². The molecule has 0 saturated heterocycles. The first-order chi connectivity index (χ1) is 8.55. The molecule has 0 aliphatic carbocycles. The van der Waals surface area contributed by atoms with E-state index in [1.54, 1.807) is 0 Å². The van der Waals surface area contributed by atoms with Crippen molar-refractivity contribution in [3.8, 4) is 5.88 Å². The summed E-state index contributed by atoms with van der Waals surface area (Å²) in [7, 11) is 0. The fourth-order valence-electron chi connectivity index (χ4n) is 1.15. The van der Waals surface area contributed by atoms with Crippen LogP contribution < -0.4 is 10.5 Å². The van der Waals surface area contributed by atoms with Gasteiger partial charge in [0, 0.05) is 12.1 Å². The Kier molecular flexibility index (Phi) is 4.23. The van der Waals surface area contributed by atoms with Gasteiger partial charge < -0.3 is 10.5 Å². The molecule has 0 atom stereocenters. The molecule has 2 N–H and O–H groups in total. The molecule has 0 aliphatic rings. The van der Waals surface area contributed by atoms with E-state index in [0.29, 0.717) is 12.3 Å². The molecule has 0 aliphatic heterocycles. The predicted octanol–water partition coefficient (Wildman–Crippen LogP) is 2.55. The van der Waals surface area contributed by atoms with Crippen molar-refractivity contribution in [2.45, 2.75) is 25.0 Å². The van der Waals surface area contributed by atoms with Crippen LogP contribution in [-0.2, 0) is 6.54 Å². The third-order valence-electron chi connectivity index (χ3n) is 1.94. The third kappa shape index (κ3) is 3.94. The van der Waals surface area contributed by atoms with Crippen molar-refractivity contribution in [2.75, 3.05) is 0 Å². The second-order valence-electron chi connectivity index (χ2n) is 3.40. The minimum absolute atomic E-state index is 0.404. The summed E-state index contributed by atoms with van der Waals surface area (Å²) in [6, 6.07) is 0.645. The first-order valence-corrected chi connectivity index (χ1v) is 4.70. The Morgan fingerprint density at radius 2 is 1.68 bits per heavy atom. The summed E-state index contributed by atoms with van der Waals surface area (Å²) >= 11 is 0. The Balaban J connectivity index is 3.11. The van der Waals surface area contributed by atoms with Gasteiger partial charge in [-0.2, -0.15) is 26.3 Å². The maximum atomic E-state index is 12.7. The number of ether oxygens (including phenoxy) is 1. The molecular formula is C9H7F7N2O. The number of hydrogen-bond acceptors (Lipinski definition) is 3. The molecule has 108 valence electrons. The first kappa shape index (κ1) is 15.5. The van der Waals surface area contributed by atoms with Gasteiger partial charge in [-0.3, -0.25) is 0 Å². The van der Waals surface area contributed by atoms with E-state index in [1.165, 1.54) is 0 Å². The quantitative estimate of drug-likeness (QED) is 0.871. The average molecular weight is 292 g/mol. The summed E-state index contributed by atoms with van der Waals surface area (Å²) in [5.74, 6) is -1.97. The first-order valence-electron chi connectivity index (χ1n) is 4.70. The van der Waals surface area contributed by atoms with E-state index in [2.05, 4.69) is 9.72 Å². The highest BCUT2D eigenvalue weighted by Gasteiger charge is 2.59. The van der Waals surface area contributed by atoms with Crippen LogP contribution in [0.15, 0.2) is 12.3 Å². The summed E-state index contributed by atoms with van der Waals surface area (Å²) in [4.78, 5) is 3.04. The maximum Gasteiger partial charge on any atom is 0.434 e. The Hall–Kier alpha value is -1.58. The molecule has 10 heteroatoms. The molecule has 1 aromatic heterocycles. The molecule has 0 spiro atoms. The molecule has 3 nitrogen and oxygen atoms in total. The smallest absolute Gasteiger partial charge is 0.434 e. The zero-order valence-corrected chi connectivity index (χ0v) is 9.02. The second-order valence-corrected chi connectivity index (χ2v) is 3.40. The van der Waals surface area contributed by atoms with Gasteiger partial charge >= 0.3 is 12.4 Å². The fraction of sp³-hybridized carbons (Fsp3) is 0.444. The van der Waals surface area contributed by atoms with E-state index in [0.717, 1.165) is 0 Å². The van der Waals surface area contributed by atoms with Crippen LogP contribution in [-0.4, -0.2) is 23.4 Å². The number of nitrogens with two attached hydrogens (primary N) is 1. The molecule has 0 saturated carbocycles. The number of halogens is 7. The van der Waals surface area contributed by atoms with E-state index >= 15 is 0 Å². The Morgan fingerprint density at radius 1 is 1.16 bits per heavy atom. The number of hydrogen-bond donors (Lipinski definition) is 1. The largest absolute Gasteiger partial charge is 0.454 e. The predicted molar refractivity (Wildman–Crippen MR) is 48.6 cm³/mol.